The Hall–Kier alpha value is -3.61. The number of benzene rings is 2. The lowest BCUT2D eigenvalue weighted by atomic mass is 10.3. The van der Waals surface area contributed by atoms with Crippen LogP contribution in [0.2, 0.25) is 0 Å². The first-order chi connectivity index (χ1) is 12.6. The van der Waals surface area contributed by atoms with Gasteiger partial charge in [-0.2, -0.15) is 0 Å². The van der Waals surface area contributed by atoms with Gasteiger partial charge in [-0.25, -0.2) is 4.68 Å². The lowest BCUT2D eigenvalue weighted by Crippen LogP contribution is -2.29. The maximum absolute atomic E-state index is 12.0. The van der Waals surface area contributed by atoms with Crippen molar-refractivity contribution >= 4 is 11.6 Å². The van der Waals surface area contributed by atoms with Gasteiger partial charge in [-0.15, -0.1) is 0 Å². The highest BCUT2D eigenvalue weighted by molar-refractivity contribution is 5.90. The van der Waals surface area contributed by atoms with Gasteiger partial charge in [-0.1, -0.05) is 18.2 Å². The minimum absolute atomic E-state index is 0.0577. The molecule has 1 amide bonds. The third-order valence-corrected chi connectivity index (χ3v) is 3.57. The average molecular weight is 351 g/mol. The second kappa shape index (κ2) is 7.98. The fourth-order valence-electron chi connectivity index (χ4n) is 2.30. The molecule has 0 atom stereocenters. The molecule has 2 N–H and O–H groups in total. The van der Waals surface area contributed by atoms with Crippen LogP contribution >= 0.6 is 0 Å². The molecule has 0 bridgehead atoms. The Kier molecular flexibility index (Phi) is 5.28. The van der Waals surface area contributed by atoms with Crippen LogP contribution < -0.4 is 21.2 Å². The van der Waals surface area contributed by atoms with Gasteiger partial charge in [0.15, 0.2) is 0 Å². The molecule has 1 heterocycles. The van der Waals surface area contributed by atoms with Crippen LogP contribution in [0.5, 0.6) is 11.5 Å². The standard InChI is InChI=1S/C19H17N3O4/c23-17(12-13-22-19(25)11-10-18(24)21-22)20-14-6-8-16(9-7-14)26-15-4-2-1-3-5-15/h1-11H,12-13H2,(H,20,23)(H,21,24). The van der Waals surface area contributed by atoms with Crippen molar-refractivity contribution in [1.29, 1.82) is 0 Å². The number of carbonyl (C=O) groups is 1. The summed E-state index contributed by atoms with van der Waals surface area (Å²) >= 11 is 0. The zero-order valence-corrected chi connectivity index (χ0v) is 13.8. The zero-order chi connectivity index (χ0) is 18.4. The molecule has 7 heteroatoms. The highest BCUT2D eigenvalue weighted by Gasteiger charge is 2.05. The van der Waals surface area contributed by atoms with Crippen LogP contribution in [-0.4, -0.2) is 15.7 Å². The van der Waals surface area contributed by atoms with Crippen LogP contribution in [0.15, 0.2) is 76.3 Å². The molecule has 0 aliphatic rings. The monoisotopic (exact) mass is 351 g/mol. The molecular weight excluding hydrogens is 334 g/mol. The van der Waals surface area contributed by atoms with E-state index in [9.17, 15) is 14.4 Å². The van der Waals surface area contributed by atoms with Crippen molar-refractivity contribution in [3.63, 3.8) is 0 Å². The molecule has 0 spiro atoms. The van der Waals surface area contributed by atoms with E-state index in [4.69, 9.17) is 4.74 Å². The first-order valence-electron chi connectivity index (χ1n) is 8.03. The molecule has 0 fully saturated rings. The van der Waals surface area contributed by atoms with Crippen LogP contribution in [0, 0.1) is 0 Å². The van der Waals surface area contributed by atoms with E-state index in [0.29, 0.717) is 11.4 Å². The number of ether oxygens (including phenoxy) is 1. The molecule has 26 heavy (non-hydrogen) atoms. The molecule has 0 unspecified atom stereocenters. The molecule has 3 rings (SSSR count). The van der Waals surface area contributed by atoms with Gasteiger partial charge in [0.05, 0.1) is 6.54 Å². The summed E-state index contributed by atoms with van der Waals surface area (Å²) in [7, 11) is 0. The summed E-state index contributed by atoms with van der Waals surface area (Å²) in [5.41, 5.74) is -0.136. The second-order valence-electron chi connectivity index (χ2n) is 5.54. The highest BCUT2D eigenvalue weighted by Crippen LogP contribution is 2.22. The number of amides is 1. The molecular formula is C19H17N3O4. The number of aromatic nitrogens is 2. The zero-order valence-electron chi connectivity index (χ0n) is 13.8. The Morgan fingerprint density at radius 1 is 0.923 bits per heavy atom. The topological polar surface area (TPSA) is 93.2 Å². The van der Waals surface area contributed by atoms with Gasteiger partial charge >= 0.3 is 0 Å². The maximum atomic E-state index is 12.0. The number of hydrogen-bond donors (Lipinski definition) is 2. The number of carbonyl (C=O) groups excluding carboxylic acids is 1. The summed E-state index contributed by atoms with van der Waals surface area (Å²) in [6.07, 6.45) is 0.0577. The number of rotatable bonds is 6. The third-order valence-electron chi connectivity index (χ3n) is 3.57. The summed E-state index contributed by atoms with van der Waals surface area (Å²) in [6, 6.07) is 18.7. The molecule has 1 aromatic heterocycles. The van der Waals surface area contributed by atoms with Crippen molar-refractivity contribution in [3.8, 4) is 11.5 Å². The molecule has 3 aromatic rings. The highest BCUT2D eigenvalue weighted by atomic mass is 16.5. The Balaban J connectivity index is 1.55. The molecule has 7 nitrogen and oxygen atoms in total. The van der Waals surface area contributed by atoms with Crippen LogP contribution in [0.1, 0.15) is 6.42 Å². The first-order valence-corrected chi connectivity index (χ1v) is 8.03. The number of aryl methyl sites for hydroxylation is 1. The summed E-state index contributed by atoms with van der Waals surface area (Å²) in [5, 5.41) is 5.11. The number of H-pyrrole nitrogens is 1. The Bertz CT molecular complexity index is 992. The molecule has 0 aliphatic carbocycles. The maximum Gasteiger partial charge on any atom is 0.265 e. The van der Waals surface area contributed by atoms with Crippen molar-refractivity contribution in [3.05, 3.63) is 87.4 Å². The van der Waals surface area contributed by atoms with Crippen molar-refractivity contribution in [2.24, 2.45) is 0 Å². The fraction of sp³-hybridized carbons (Fsp3) is 0.105. The van der Waals surface area contributed by atoms with E-state index in [0.717, 1.165) is 16.5 Å². The van der Waals surface area contributed by atoms with Crippen molar-refractivity contribution in [2.75, 3.05) is 5.32 Å². The van der Waals surface area contributed by atoms with Crippen molar-refractivity contribution < 1.29 is 9.53 Å². The number of aromatic amines is 1. The van der Waals surface area contributed by atoms with Gasteiger partial charge < -0.3 is 10.1 Å². The van der Waals surface area contributed by atoms with E-state index < -0.39 is 0 Å². The fourth-order valence-corrected chi connectivity index (χ4v) is 2.30. The van der Waals surface area contributed by atoms with Gasteiger partial charge in [0.25, 0.3) is 11.1 Å². The number of nitrogens with zero attached hydrogens (tertiary/aromatic N) is 1. The van der Waals surface area contributed by atoms with E-state index in [-0.39, 0.29) is 30.0 Å². The van der Waals surface area contributed by atoms with Gasteiger partial charge in [0.2, 0.25) is 5.91 Å². The Morgan fingerprint density at radius 2 is 1.62 bits per heavy atom. The SMILES string of the molecule is O=C(CCn1[nH]c(=O)ccc1=O)Nc1ccc(Oc2ccccc2)cc1. The lowest BCUT2D eigenvalue weighted by Gasteiger charge is -2.08. The van der Waals surface area contributed by atoms with E-state index in [2.05, 4.69) is 10.4 Å². The summed E-state index contributed by atoms with van der Waals surface area (Å²) in [6.45, 7) is 0.0932. The van der Waals surface area contributed by atoms with Crippen LogP contribution in [-0.2, 0) is 11.3 Å². The number of hydrogen-bond acceptors (Lipinski definition) is 4. The van der Waals surface area contributed by atoms with Gasteiger partial charge in [0.1, 0.15) is 11.5 Å². The van der Waals surface area contributed by atoms with Crippen molar-refractivity contribution in [2.45, 2.75) is 13.0 Å². The normalized spacial score (nSPS) is 10.3. The van der Waals surface area contributed by atoms with Crippen LogP contribution in [0.25, 0.3) is 0 Å². The predicted molar refractivity (Wildman–Crippen MR) is 97.5 cm³/mol. The van der Waals surface area contributed by atoms with Crippen LogP contribution in [0.4, 0.5) is 5.69 Å². The molecule has 0 aliphatic heterocycles. The second-order valence-corrected chi connectivity index (χ2v) is 5.54. The Morgan fingerprint density at radius 3 is 2.35 bits per heavy atom. The number of anilines is 1. The molecule has 2 aromatic carbocycles. The minimum atomic E-state index is -0.390. The summed E-state index contributed by atoms with van der Waals surface area (Å²) in [5.74, 6) is 1.12. The first kappa shape index (κ1) is 17.2. The average Bonchev–Trinajstić information content (AvgIpc) is 2.65. The number of para-hydroxylation sites is 1. The largest absolute Gasteiger partial charge is 0.457 e. The van der Waals surface area contributed by atoms with Gasteiger partial charge in [-0.05, 0) is 36.4 Å². The summed E-state index contributed by atoms with van der Waals surface area (Å²) in [4.78, 5) is 34.8. The lowest BCUT2D eigenvalue weighted by molar-refractivity contribution is -0.116. The molecule has 0 radical (unpaired) electrons. The molecule has 132 valence electrons. The minimum Gasteiger partial charge on any atom is -0.457 e. The van der Waals surface area contributed by atoms with Crippen LogP contribution in [0.3, 0.4) is 0 Å². The predicted octanol–water partition coefficient (Wildman–Crippen LogP) is 2.36. The summed E-state index contributed by atoms with van der Waals surface area (Å²) < 4.78 is 6.79. The van der Waals surface area contributed by atoms with Gasteiger partial charge in [0, 0.05) is 24.2 Å². The quantitative estimate of drug-likeness (QED) is 0.713. The third kappa shape index (κ3) is 4.70. The molecule has 0 saturated carbocycles. The van der Waals surface area contributed by atoms with E-state index in [1.165, 1.54) is 6.07 Å². The van der Waals surface area contributed by atoms with E-state index >= 15 is 0 Å². The number of nitrogens with one attached hydrogen (secondary N) is 2. The van der Waals surface area contributed by atoms with E-state index in [1.807, 2.05) is 30.3 Å². The van der Waals surface area contributed by atoms with Gasteiger partial charge in [-0.3, -0.25) is 19.5 Å². The van der Waals surface area contributed by atoms with E-state index in [1.54, 1.807) is 24.3 Å². The Labute approximate surface area is 148 Å². The van der Waals surface area contributed by atoms with Crippen molar-refractivity contribution in [1.82, 2.24) is 9.78 Å². The smallest absolute Gasteiger partial charge is 0.265 e. The molecule has 0 saturated heterocycles.